The predicted octanol–water partition coefficient (Wildman–Crippen LogP) is 3.09. The number of hydrogen-bond acceptors (Lipinski definition) is 3. The van der Waals surface area contributed by atoms with E-state index in [0.717, 1.165) is 26.6 Å². The molecule has 0 amide bonds. The molecule has 3 aromatic rings. The van der Waals surface area contributed by atoms with Crippen LogP contribution < -0.4 is 0 Å². The summed E-state index contributed by atoms with van der Waals surface area (Å²) in [5, 5.41) is 7.81. The van der Waals surface area contributed by atoms with E-state index < -0.39 is 0 Å². The second kappa shape index (κ2) is 3.92. The lowest BCUT2D eigenvalue weighted by Crippen LogP contribution is -1.92. The minimum Gasteiger partial charge on any atom is -0.258 e. The molecule has 0 saturated carbocycles. The van der Waals surface area contributed by atoms with Crippen LogP contribution in [-0.4, -0.2) is 20.2 Å². The number of aryl methyl sites for hydroxylation is 1. The molecule has 0 fully saturated rings. The molecule has 0 aliphatic carbocycles. The molecule has 0 bridgehead atoms. The van der Waals surface area contributed by atoms with Crippen molar-refractivity contribution in [2.75, 3.05) is 0 Å². The fourth-order valence-corrected chi connectivity index (χ4v) is 2.15. The Morgan fingerprint density at radius 2 is 2.12 bits per heavy atom. The van der Waals surface area contributed by atoms with Crippen molar-refractivity contribution in [1.82, 2.24) is 20.2 Å². The number of halogens is 1. The fraction of sp³-hybridized carbons (Fsp3) is 0.0833. The van der Waals surface area contributed by atoms with Gasteiger partial charge in [0.1, 0.15) is 12.0 Å². The molecule has 0 spiro atoms. The molecule has 3 rings (SSSR count). The van der Waals surface area contributed by atoms with Gasteiger partial charge in [-0.15, -0.1) is 0 Å². The molecule has 2 heterocycles. The minimum absolute atomic E-state index is 0.698. The molecule has 2 aromatic heterocycles. The van der Waals surface area contributed by atoms with Gasteiger partial charge in [0.25, 0.3) is 0 Å². The van der Waals surface area contributed by atoms with Crippen LogP contribution in [0.25, 0.3) is 22.4 Å². The zero-order valence-electron chi connectivity index (χ0n) is 9.11. The highest BCUT2D eigenvalue weighted by Crippen LogP contribution is 2.24. The third-order valence-electron chi connectivity index (χ3n) is 2.61. The van der Waals surface area contributed by atoms with E-state index >= 15 is 0 Å². The lowest BCUT2D eigenvalue weighted by atomic mass is 10.1. The van der Waals surface area contributed by atoms with Crippen LogP contribution in [0.1, 0.15) is 5.56 Å². The highest BCUT2D eigenvalue weighted by atomic mass is 79.9. The molecule has 0 aliphatic rings. The van der Waals surface area contributed by atoms with Crippen LogP contribution in [0.4, 0.5) is 0 Å². The molecular weight excluding hydrogens is 280 g/mol. The summed E-state index contributed by atoms with van der Waals surface area (Å²) in [6, 6.07) is 8.16. The van der Waals surface area contributed by atoms with Crippen LogP contribution in [0.3, 0.4) is 0 Å². The second-order valence-electron chi connectivity index (χ2n) is 3.82. The van der Waals surface area contributed by atoms with Crippen LogP contribution in [0.5, 0.6) is 0 Å². The average molecular weight is 289 g/mol. The van der Waals surface area contributed by atoms with E-state index in [4.69, 9.17) is 0 Å². The molecular formula is C12H9BrN4. The number of pyridine rings is 1. The topological polar surface area (TPSA) is 54.5 Å². The van der Waals surface area contributed by atoms with Gasteiger partial charge in [0.2, 0.25) is 0 Å². The normalized spacial score (nSPS) is 10.9. The summed E-state index contributed by atoms with van der Waals surface area (Å²) in [4.78, 5) is 8.75. The van der Waals surface area contributed by atoms with Crippen LogP contribution in [0.15, 0.2) is 35.1 Å². The van der Waals surface area contributed by atoms with Gasteiger partial charge in [-0.3, -0.25) is 5.10 Å². The van der Waals surface area contributed by atoms with Gasteiger partial charge in [0.05, 0.1) is 5.52 Å². The van der Waals surface area contributed by atoms with Crippen LogP contribution >= 0.6 is 15.9 Å². The Kier molecular flexibility index (Phi) is 2.40. The summed E-state index contributed by atoms with van der Waals surface area (Å²) in [5.74, 6) is 0.698. The smallest absolute Gasteiger partial charge is 0.174 e. The molecule has 0 radical (unpaired) electrons. The van der Waals surface area contributed by atoms with Crippen molar-refractivity contribution in [2.45, 2.75) is 6.92 Å². The largest absolute Gasteiger partial charge is 0.258 e. The summed E-state index contributed by atoms with van der Waals surface area (Å²) < 4.78 is 1.02. The predicted molar refractivity (Wildman–Crippen MR) is 69.6 cm³/mol. The monoisotopic (exact) mass is 288 g/mol. The van der Waals surface area contributed by atoms with Crippen LogP contribution in [-0.2, 0) is 0 Å². The maximum absolute atomic E-state index is 4.61. The number of aromatic amines is 1. The van der Waals surface area contributed by atoms with E-state index in [1.54, 1.807) is 0 Å². The van der Waals surface area contributed by atoms with Crippen LogP contribution in [0, 0.1) is 6.92 Å². The number of aromatic nitrogens is 4. The van der Waals surface area contributed by atoms with Gasteiger partial charge in [-0.25, -0.2) is 9.97 Å². The van der Waals surface area contributed by atoms with Gasteiger partial charge in [-0.1, -0.05) is 22.0 Å². The quantitative estimate of drug-likeness (QED) is 0.749. The van der Waals surface area contributed by atoms with Gasteiger partial charge in [0, 0.05) is 9.86 Å². The Morgan fingerprint density at radius 1 is 1.24 bits per heavy atom. The first kappa shape index (κ1) is 10.4. The molecule has 1 aromatic carbocycles. The van der Waals surface area contributed by atoms with E-state index in [0.29, 0.717) is 5.82 Å². The van der Waals surface area contributed by atoms with Crippen molar-refractivity contribution in [3.8, 4) is 11.5 Å². The first-order valence-electron chi connectivity index (χ1n) is 5.17. The van der Waals surface area contributed by atoms with Gasteiger partial charge >= 0.3 is 0 Å². The second-order valence-corrected chi connectivity index (χ2v) is 4.74. The summed E-state index contributed by atoms with van der Waals surface area (Å²) >= 11 is 3.45. The van der Waals surface area contributed by atoms with E-state index in [9.17, 15) is 0 Å². The molecule has 84 valence electrons. The van der Waals surface area contributed by atoms with Crippen molar-refractivity contribution in [3.63, 3.8) is 0 Å². The van der Waals surface area contributed by atoms with E-state index in [1.165, 1.54) is 6.33 Å². The number of benzene rings is 1. The number of rotatable bonds is 1. The molecule has 1 N–H and O–H groups in total. The number of fused-ring (bicyclic) bond motifs is 1. The van der Waals surface area contributed by atoms with Gasteiger partial charge in [0.15, 0.2) is 5.82 Å². The third kappa shape index (κ3) is 1.82. The Morgan fingerprint density at radius 3 is 2.88 bits per heavy atom. The molecule has 0 aliphatic heterocycles. The van der Waals surface area contributed by atoms with Crippen LogP contribution in [0.2, 0.25) is 0 Å². The van der Waals surface area contributed by atoms with Crippen molar-refractivity contribution in [2.24, 2.45) is 0 Å². The van der Waals surface area contributed by atoms with Crippen molar-refractivity contribution < 1.29 is 0 Å². The SMILES string of the molecule is Cc1cc2ccc(Br)cc2nc1-c1ncn[nH]1. The summed E-state index contributed by atoms with van der Waals surface area (Å²) in [6.45, 7) is 2.02. The standard InChI is InChI=1S/C12H9BrN4/c1-7-4-8-2-3-9(13)5-10(8)16-11(7)12-14-6-15-17-12/h2-6H,1H3,(H,14,15,17). The maximum Gasteiger partial charge on any atom is 0.174 e. The van der Waals surface area contributed by atoms with Crippen molar-refractivity contribution >= 4 is 26.8 Å². The van der Waals surface area contributed by atoms with E-state index in [1.807, 2.05) is 25.1 Å². The van der Waals surface area contributed by atoms with Gasteiger partial charge < -0.3 is 0 Å². The van der Waals surface area contributed by atoms with Gasteiger partial charge in [-0.05, 0) is 30.7 Å². The number of nitrogens with zero attached hydrogens (tertiary/aromatic N) is 3. The Hall–Kier alpha value is -1.75. The zero-order valence-corrected chi connectivity index (χ0v) is 10.7. The maximum atomic E-state index is 4.61. The fourth-order valence-electron chi connectivity index (χ4n) is 1.81. The first-order valence-corrected chi connectivity index (χ1v) is 5.96. The number of nitrogens with one attached hydrogen (secondary N) is 1. The summed E-state index contributed by atoms with van der Waals surface area (Å²) in [7, 11) is 0. The van der Waals surface area contributed by atoms with Crippen molar-refractivity contribution in [3.05, 3.63) is 40.6 Å². The highest BCUT2D eigenvalue weighted by molar-refractivity contribution is 9.10. The Bertz CT molecular complexity index is 676. The lowest BCUT2D eigenvalue weighted by molar-refractivity contribution is 1.08. The molecule has 5 heteroatoms. The molecule has 17 heavy (non-hydrogen) atoms. The minimum atomic E-state index is 0.698. The number of H-pyrrole nitrogens is 1. The van der Waals surface area contributed by atoms with Crippen molar-refractivity contribution in [1.29, 1.82) is 0 Å². The van der Waals surface area contributed by atoms with E-state index in [-0.39, 0.29) is 0 Å². The average Bonchev–Trinajstić information content (AvgIpc) is 2.82. The third-order valence-corrected chi connectivity index (χ3v) is 3.10. The first-order chi connectivity index (χ1) is 8.24. The Labute approximate surface area is 106 Å². The summed E-state index contributed by atoms with van der Waals surface area (Å²) in [5.41, 5.74) is 2.86. The highest BCUT2D eigenvalue weighted by Gasteiger charge is 2.08. The molecule has 0 atom stereocenters. The number of hydrogen-bond donors (Lipinski definition) is 1. The molecule has 0 saturated heterocycles. The summed E-state index contributed by atoms with van der Waals surface area (Å²) in [6.07, 6.45) is 1.49. The van der Waals surface area contributed by atoms with Gasteiger partial charge in [-0.2, -0.15) is 5.10 Å². The molecule has 0 unspecified atom stereocenters. The zero-order chi connectivity index (χ0) is 11.8. The van der Waals surface area contributed by atoms with E-state index in [2.05, 4.69) is 42.2 Å². The Balaban J connectivity index is 2.29. The lowest BCUT2D eigenvalue weighted by Gasteiger charge is -2.05. The molecule has 4 nitrogen and oxygen atoms in total.